The fourth-order valence-electron chi connectivity index (χ4n) is 2.90. The normalized spacial score (nSPS) is 15.6. The number of amides is 1. The Kier molecular flexibility index (Phi) is 3.90. The minimum Gasteiger partial charge on any atom is -0.383 e. The maximum Gasteiger partial charge on any atom is 0.228 e. The molecule has 0 saturated carbocycles. The van der Waals surface area contributed by atoms with E-state index in [0.29, 0.717) is 24.9 Å². The van der Waals surface area contributed by atoms with Crippen molar-refractivity contribution in [3.8, 4) is 0 Å². The molecule has 3 rings (SSSR count). The van der Waals surface area contributed by atoms with Crippen LogP contribution in [0.4, 0.5) is 11.8 Å². The molecule has 1 aliphatic heterocycles. The molecule has 1 aliphatic rings. The minimum atomic E-state index is 0.122. The SMILES string of the molecule is CCc1sc2nc(N3CCN(C(C)=O)CC3)nc(N)c2c1C. The molecule has 2 N–H and O–H groups in total. The summed E-state index contributed by atoms with van der Waals surface area (Å²) in [4.78, 5) is 26.8. The van der Waals surface area contributed by atoms with Crippen molar-refractivity contribution in [3.05, 3.63) is 10.4 Å². The van der Waals surface area contributed by atoms with Crippen LogP contribution in [-0.2, 0) is 11.2 Å². The molecule has 0 atom stereocenters. The molecule has 22 heavy (non-hydrogen) atoms. The van der Waals surface area contributed by atoms with Gasteiger partial charge in [0.15, 0.2) is 0 Å². The highest BCUT2D eigenvalue weighted by atomic mass is 32.1. The molecular formula is C15H21N5OS. The minimum absolute atomic E-state index is 0.122. The molecule has 7 heteroatoms. The average Bonchev–Trinajstić information content (AvgIpc) is 2.84. The van der Waals surface area contributed by atoms with Crippen molar-refractivity contribution in [2.45, 2.75) is 27.2 Å². The van der Waals surface area contributed by atoms with E-state index in [-0.39, 0.29) is 5.91 Å². The molecule has 2 aromatic heterocycles. The second-order valence-electron chi connectivity index (χ2n) is 5.59. The van der Waals surface area contributed by atoms with E-state index in [1.807, 2.05) is 4.90 Å². The molecule has 1 amide bonds. The highest BCUT2D eigenvalue weighted by molar-refractivity contribution is 7.19. The summed E-state index contributed by atoms with van der Waals surface area (Å²) < 4.78 is 0. The number of aryl methyl sites for hydroxylation is 2. The summed E-state index contributed by atoms with van der Waals surface area (Å²) in [5.41, 5.74) is 7.37. The zero-order chi connectivity index (χ0) is 15.9. The maximum atomic E-state index is 11.4. The van der Waals surface area contributed by atoms with E-state index >= 15 is 0 Å². The largest absolute Gasteiger partial charge is 0.383 e. The van der Waals surface area contributed by atoms with Gasteiger partial charge in [-0.2, -0.15) is 4.98 Å². The molecule has 0 spiro atoms. The van der Waals surface area contributed by atoms with Gasteiger partial charge in [0.1, 0.15) is 10.6 Å². The van der Waals surface area contributed by atoms with Crippen molar-refractivity contribution in [2.24, 2.45) is 0 Å². The van der Waals surface area contributed by atoms with Crippen LogP contribution in [0.1, 0.15) is 24.3 Å². The van der Waals surface area contributed by atoms with Gasteiger partial charge < -0.3 is 15.5 Å². The van der Waals surface area contributed by atoms with Crippen LogP contribution in [0.5, 0.6) is 0 Å². The third-order valence-electron chi connectivity index (χ3n) is 4.23. The fourth-order valence-corrected chi connectivity index (χ4v) is 4.02. The summed E-state index contributed by atoms with van der Waals surface area (Å²) in [6.45, 7) is 8.74. The Hall–Kier alpha value is -1.89. The van der Waals surface area contributed by atoms with E-state index in [0.717, 1.165) is 29.7 Å². The number of hydrogen-bond acceptors (Lipinski definition) is 6. The van der Waals surface area contributed by atoms with Gasteiger partial charge in [0.2, 0.25) is 11.9 Å². The Morgan fingerprint density at radius 2 is 1.95 bits per heavy atom. The first-order chi connectivity index (χ1) is 10.5. The van der Waals surface area contributed by atoms with E-state index in [1.165, 1.54) is 10.4 Å². The topological polar surface area (TPSA) is 75.4 Å². The number of carbonyl (C=O) groups is 1. The van der Waals surface area contributed by atoms with Crippen molar-refractivity contribution in [3.63, 3.8) is 0 Å². The third kappa shape index (κ3) is 2.49. The van der Waals surface area contributed by atoms with Crippen LogP contribution in [0.3, 0.4) is 0 Å². The fraction of sp³-hybridized carbons (Fsp3) is 0.533. The number of carbonyl (C=O) groups excluding carboxylic acids is 1. The van der Waals surface area contributed by atoms with Crippen LogP contribution in [0.2, 0.25) is 0 Å². The van der Waals surface area contributed by atoms with Gasteiger partial charge in [0.25, 0.3) is 0 Å². The van der Waals surface area contributed by atoms with Crippen molar-refractivity contribution in [2.75, 3.05) is 36.8 Å². The lowest BCUT2D eigenvalue weighted by atomic mass is 10.2. The number of thiophene rings is 1. The molecule has 0 unspecified atom stereocenters. The van der Waals surface area contributed by atoms with Crippen molar-refractivity contribution >= 4 is 39.2 Å². The van der Waals surface area contributed by atoms with Gasteiger partial charge in [-0.25, -0.2) is 4.98 Å². The zero-order valence-electron chi connectivity index (χ0n) is 13.2. The molecule has 3 heterocycles. The standard InChI is InChI=1S/C15H21N5OS/c1-4-11-9(2)12-13(16)17-15(18-14(12)22-11)20-7-5-19(6-8-20)10(3)21/h4-8H2,1-3H3,(H2,16,17,18). The first-order valence-corrected chi connectivity index (χ1v) is 8.38. The van der Waals surface area contributed by atoms with E-state index in [4.69, 9.17) is 10.7 Å². The van der Waals surface area contributed by atoms with Gasteiger partial charge in [-0.1, -0.05) is 6.92 Å². The zero-order valence-corrected chi connectivity index (χ0v) is 14.0. The van der Waals surface area contributed by atoms with Crippen LogP contribution in [0.15, 0.2) is 0 Å². The number of rotatable bonds is 2. The molecule has 118 valence electrons. The second kappa shape index (κ2) is 5.72. The van der Waals surface area contributed by atoms with Crippen LogP contribution in [0.25, 0.3) is 10.2 Å². The lowest BCUT2D eigenvalue weighted by Crippen LogP contribution is -2.48. The lowest BCUT2D eigenvalue weighted by Gasteiger charge is -2.34. The highest BCUT2D eigenvalue weighted by Gasteiger charge is 2.22. The van der Waals surface area contributed by atoms with Crippen molar-refractivity contribution < 1.29 is 4.79 Å². The highest BCUT2D eigenvalue weighted by Crippen LogP contribution is 2.34. The van der Waals surface area contributed by atoms with Gasteiger partial charge in [-0.15, -0.1) is 11.3 Å². The Balaban J connectivity index is 1.91. The quantitative estimate of drug-likeness (QED) is 0.914. The van der Waals surface area contributed by atoms with Gasteiger partial charge in [0, 0.05) is 38.0 Å². The Labute approximate surface area is 133 Å². The molecule has 6 nitrogen and oxygen atoms in total. The summed E-state index contributed by atoms with van der Waals surface area (Å²) in [6, 6.07) is 0. The van der Waals surface area contributed by atoms with Crippen LogP contribution in [0, 0.1) is 6.92 Å². The number of aromatic nitrogens is 2. The molecule has 1 saturated heterocycles. The van der Waals surface area contributed by atoms with Crippen LogP contribution < -0.4 is 10.6 Å². The number of nitrogens with two attached hydrogens (primary N) is 1. The summed E-state index contributed by atoms with van der Waals surface area (Å²) in [7, 11) is 0. The van der Waals surface area contributed by atoms with Gasteiger partial charge >= 0.3 is 0 Å². The Bertz CT molecular complexity index is 718. The third-order valence-corrected chi connectivity index (χ3v) is 5.56. The maximum absolute atomic E-state index is 11.4. The number of hydrogen-bond donors (Lipinski definition) is 1. The van der Waals surface area contributed by atoms with E-state index in [1.54, 1.807) is 18.3 Å². The Morgan fingerprint density at radius 1 is 1.27 bits per heavy atom. The smallest absolute Gasteiger partial charge is 0.228 e. The number of fused-ring (bicyclic) bond motifs is 1. The summed E-state index contributed by atoms with van der Waals surface area (Å²) >= 11 is 1.70. The average molecular weight is 319 g/mol. The van der Waals surface area contributed by atoms with E-state index in [9.17, 15) is 4.79 Å². The predicted octanol–water partition coefficient (Wildman–Crippen LogP) is 1.81. The first-order valence-electron chi connectivity index (χ1n) is 7.57. The number of nitrogens with zero attached hydrogens (tertiary/aromatic N) is 4. The van der Waals surface area contributed by atoms with Crippen LogP contribution >= 0.6 is 11.3 Å². The van der Waals surface area contributed by atoms with Gasteiger partial charge in [0.05, 0.1) is 5.39 Å². The molecular weight excluding hydrogens is 298 g/mol. The molecule has 2 aromatic rings. The molecule has 0 aromatic carbocycles. The van der Waals surface area contributed by atoms with E-state index < -0.39 is 0 Å². The monoisotopic (exact) mass is 319 g/mol. The second-order valence-corrected chi connectivity index (χ2v) is 6.67. The van der Waals surface area contributed by atoms with E-state index in [2.05, 4.69) is 23.7 Å². The molecule has 0 radical (unpaired) electrons. The van der Waals surface area contributed by atoms with Crippen LogP contribution in [-0.4, -0.2) is 47.0 Å². The summed E-state index contributed by atoms with van der Waals surface area (Å²) in [5.74, 6) is 1.36. The van der Waals surface area contributed by atoms with Gasteiger partial charge in [-0.3, -0.25) is 4.79 Å². The predicted molar refractivity (Wildman–Crippen MR) is 90.4 cm³/mol. The summed E-state index contributed by atoms with van der Waals surface area (Å²) in [5, 5.41) is 0.993. The van der Waals surface area contributed by atoms with Crippen molar-refractivity contribution in [1.29, 1.82) is 0 Å². The van der Waals surface area contributed by atoms with Crippen molar-refractivity contribution in [1.82, 2.24) is 14.9 Å². The molecule has 0 bridgehead atoms. The molecule has 0 aliphatic carbocycles. The van der Waals surface area contributed by atoms with Gasteiger partial charge in [-0.05, 0) is 18.9 Å². The lowest BCUT2D eigenvalue weighted by molar-refractivity contribution is -0.129. The number of piperazine rings is 1. The molecule has 1 fully saturated rings. The summed E-state index contributed by atoms with van der Waals surface area (Å²) in [6.07, 6.45) is 0.985. The number of nitrogen functional groups attached to an aromatic ring is 1. The Morgan fingerprint density at radius 3 is 2.55 bits per heavy atom. The first kappa shape index (κ1) is 15.0. The number of anilines is 2.